The van der Waals surface area contributed by atoms with Crippen LogP contribution in [-0.2, 0) is 13.0 Å². The maximum absolute atomic E-state index is 12.2. The maximum Gasteiger partial charge on any atom is 0.271 e. The average Bonchev–Trinajstić information content (AvgIpc) is 3.16. The van der Waals surface area contributed by atoms with E-state index in [9.17, 15) is 4.79 Å². The summed E-state index contributed by atoms with van der Waals surface area (Å²) in [5, 5.41) is 7.30. The fourth-order valence-corrected chi connectivity index (χ4v) is 2.97. The molecule has 0 spiro atoms. The minimum Gasteiger partial charge on any atom is -0.368 e. The molecule has 0 atom stereocenters. The van der Waals surface area contributed by atoms with Gasteiger partial charge in [-0.05, 0) is 35.7 Å². The highest BCUT2D eigenvalue weighted by Crippen LogP contribution is 2.18. The van der Waals surface area contributed by atoms with Crippen molar-refractivity contribution in [3.05, 3.63) is 84.2 Å². The minimum absolute atomic E-state index is 0.255. The molecule has 0 saturated heterocycles. The largest absolute Gasteiger partial charge is 0.368 e. The van der Waals surface area contributed by atoms with E-state index in [4.69, 9.17) is 0 Å². The highest BCUT2D eigenvalue weighted by Gasteiger charge is 2.08. The molecule has 0 bridgehead atoms. The predicted molar refractivity (Wildman–Crippen MR) is 108 cm³/mol. The highest BCUT2D eigenvalue weighted by molar-refractivity contribution is 5.92. The highest BCUT2D eigenvalue weighted by atomic mass is 16.1. The second-order valence-electron chi connectivity index (χ2n) is 6.36. The third kappa shape index (κ3) is 4.15. The van der Waals surface area contributed by atoms with E-state index in [0.29, 0.717) is 12.4 Å². The summed E-state index contributed by atoms with van der Waals surface area (Å²) in [6, 6.07) is 11.9. The Kier molecular flexibility index (Phi) is 5.24. The van der Waals surface area contributed by atoms with Crippen LogP contribution in [0.25, 0.3) is 10.9 Å². The number of aromatic nitrogens is 4. The molecule has 0 fully saturated rings. The molecule has 7 heteroatoms. The summed E-state index contributed by atoms with van der Waals surface area (Å²) in [5.74, 6) is 0.389. The van der Waals surface area contributed by atoms with Gasteiger partial charge in [0, 0.05) is 42.6 Å². The molecule has 140 valence electrons. The van der Waals surface area contributed by atoms with Crippen molar-refractivity contribution in [2.24, 2.45) is 0 Å². The third-order valence-electron chi connectivity index (χ3n) is 4.46. The number of carbonyl (C=O) groups is 1. The van der Waals surface area contributed by atoms with Crippen LogP contribution < -0.4 is 10.6 Å². The van der Waals surface area contributed by atoms with Crippen LogP contribution in [0.4, 0.5) is 5.82 Å². The van der Waals surface area contributed by atoms with Crippen LogP contribution in [0.5, 0.6) is 0 Å². The van der Waals surface area contributed by atoms with Crippen molar-refractivity contribution in [1.29, 1.82) is 0 Å². The molecule has 4 aromatic rings. The van der Waals surface area contributed by atoms with E-state index < -0.39 is 0 Å². The number of carbonyl (C=O) groups excluding carboxylic acids is 1. The van der Waals surface area contributed by atoms with E-state index in [1.54, 1.807) is 18.6 Å². The lowest BCUT2D eigenvalue weighted by atomic mass is 10.1. The van der Waals surface area contributed by atoms with Gasteiger partial charge in [0.1, 0.15) is 11.5 Å². The third-order valence-corrected chi connectivity index (χ3v) is 4.46. The lowest BCUT2D eigenvalue weighted by molar-refractivity contribution is 0.0945. The Morgan fingerprint density at radius 3 is 2.71 bits per heavy atom. The van der Waals surface area contributed by atoms with Crippen LogP contribution in [0, 0.1) is 0 Å². The molecule has 0 radical (unpaired) electrons. The van der Waals surface area contributed by atoms with Crippen molar-refractivity contribution in [1.82, 2.24) is 25.3 Å². The van der Waals surface area contributed by atoms with E-state index in [1.807, 2.05) is 30.5 Å². The number of aromatic amines is 1. The van der Waals surface area contributed by atoms with Gasteiger partial charge in [-0.3, -0.25) is 9.78 Å². The van der Waals surface area contributed by atoms with Crippen LogP contribution in [-0.4, -0.2) is 32.4 Å². The van der Waals surface area contributed by atoms with E-state index in [2.05, 4.69) is 42.7 Å². The van der Waals surface area contributed by atoms with Crippen molar-refractivity contribution in [3.63, 3.8) is 0 Å². The van der Waals surface area contributed by atoms with Crippen molar-refractivity contribution in [2.75, 3.05) is 11.9 Å². The molecule has 3 heterocycles. The first kappa shape index (κ1) is 17.7. The van der Waals surface area contributed by atoms with Gasteiger partial charge in [-0.25, -0.2) is 9.97 Å². The number of nitrogens with one attached hydrogen (secondary N) is 3. The van der Waals surface area contributed by atoms with Gasteiger partial charge in [-0.2, -0.15) is 0 Å². The average molecular weight is 372 g/mol. The number of anilines is 1. The summed E-state index contributed by atoms with van der Waals surface area (Å²) in [5.41, 5.74) is 3.66. The van der Waals surface area contributed by atoms with Gasteiger partial charge in [0.2, 0.25) is 0 Å². The fourth-order valence-electron chi connectivity index (χ4n) is 2.97. The van der Waals surface area contributed by atoms with Gasteiger partial charge >= 0.3 is 0 Å². The topological polar surface area (TPSA) is 95.6 Å². The summed E-state index contributed by atoms with van der Waals surface area (Å²) in [4.78, 5) is 27.9. The summed E-state index contributed by atoms with van der Waals surface area (Å²) < 4.78 is 0. The Hall–Kier alpha value is -3.74. The number of pyridine rings is 1. The lowest BCUT2D eigenvalue weighted by Crippen LogP contribution is -2.24. The summed E-state index contributed by atoms with van der Waals surface area (Å²) in [6.45, 7) is 1.15. The summed E-state index contributed by atoms with van der Waals surface area (Å²) in [6.07, 6.45) is 9.34. The molecule has 1 amide bonds. The molecule has 0 unspecified atom stereocenters. The fraction of sp³-hybridized carbons (Fsp3) is 0.143. The molecule has 28 heavy (non-hydrogen) atoms. The second-order valence-corrected chi connectivity index (χ2v) is 6.36. The van der Waals surface area contributed by atoms with E-state index in [1.165, 1.54) is 17.1 Å². The standard InChI is InChI=1S/C21H20N6O/c28-21(27-11-15-5-8-22-9-6-15)19-13-26-20(14-25-19)23-10-7-16-12-24-18-4-2-1-3-17(16)18/h1-6,8-9,12-14,24H,7,10-11H2,(H,23,26)(H,27,28). The smallest absolute Gasteiger partial charge is 0.271 e. The first-order chi connectivity index (χ1) is 13.8. The number of amides is 1. The number of fused-ring (bicyclic) bond motifs is 1. The molecule has 0 aliphatic carbocycles. The SMILES string of the molecule is O=C(NCc1ccncc1)c1cnc(NCCc2c[nH]c3ccccc23)cn1. The number of para-hydroxylation sites is 1. The van der Waals surface area contributed by atoms with Gasteiger partial charge in [0.15, 0.2) is 0 Å². The molecule has 0 aliphatic heterocycles. The Morgan fingerprint density at radius 1 is 1.04 bits per heavy atom. The molecule has 4 rings (SSSR count). The molecule has 3 N–H and O–H groups in total. The number of benzene rings is 1. The Bertz CT molecular complexity index is 1060. The second kappa shape index (κ2) is 8.30. The zero-order valence-electron chi connectivity index (χ0n) is 15.2. The van der Waals surface area contributed by atoms with Crippen molar-refractivity contribution < 1.29 is 4.79 Å². The van der Waals surface area contributed by atoms with Crippen LogP contribution in [0.1, 0.15) is 21.6 Å². The molecule has 1 aromatic carbocycles. The Labute approximate surface area is 162 Å². The zero-order valence-corrected chi connectivity index (χ0v) is 15.2. The van der Waals surface area contributed by atoms with E-state index in [-0.39, 0.29) is 11.6 Å². The van der Waals surface area contributed by atoms with E-state index in [0.717, 1.165) is 24.0 Å². The molecular weight excluding hydrogens is 352 g/mol. The Morgan fingerprint density at radius 2 is 1.89 bits per heavy atom. The Balaban J connectivity index is 1.29. The van der Waals surface area contributed by atoms with Crippen molar-refractivity contribution >= 4 is 22.6 Å². The van der Waals surface area contributed by atoms with Crippen molar-refractivity contribution in [3.8, 4) is 0 Å². The minimum atomic E-state index is -0.255. The normalized spacial score (nSPS) is 10.7. The first-order valence-electron chi connectivity index (χ1n) is 9.07. The van der Waals surface area contributed by atoms with Crippen LogP contribution >= 0.6 is 0 Å². The van der Waals surface area contributed by atoms with Gasteiger partial charge < -0.3 is 15.6 Å². The molecule has 0 aliphatic rings. The number of rotatable bonds is 7. The molecule has 7 nitrogen and oxygen atoms in total. The van der Waals surface area contributed by atoms with Gasteiger partial charge in [0.05, 0.1) is 12.4 Å². The van der Waals surface area contributed by atoms with Gasteiger partial charge in [-0.15, -0.1) is 0 Å². The van der Waals surface area contributed by atoms with Crippen LogP contribution in [0.15, 0.2) is 67.4 Å². The zero-order chi connectivity index (χ0) is 19.2. The van der Waals surface area contributed by atoms with Gasteiger partial charge in [0.25, 0.3) is 5.91 Å². The monoisotopic (exact) mass is 372 g/mol. The van der Waals surface area contributed by atoms with Crippen LogP contribution in [0.3, 0.4) is 0 Å². The number of hydrogen-bond acceptors (Lipinski definition) is 5. The van der Waals surface area contributed by atoms with Gasteiger partial charge in [-0.1, -0.05) is 18.2 Å². The van der Waals surface area contributed by atoms with Crippen LogP contribution in [0.2, 0.25) is 0 Å². The summed E-state index contributed by atoms with van der Waals surface area (Å²) in [7, 11) is 0. The molecular formula is C21H20N6O. The lowest BCUT2D eigenvalue weighted by Gasteiger charge is -2.07. The number of hydrogen-bond donors (Lipinski definition) is 3. The molecule has 3 aromatic heterocycles. The van der Waals surface area contributed by atoms with Crippen molar-refractivity contribution in [2.45, 2.75) is 13.0 Å². The predicted octanol–water partition coefficient (Wildman–Crippen LogP) is 2.94. The quantitative estimate of drug-likeness (QED) is 0.464. The first-order valence-corrected chi connectivity index (χ1v) is 9.07. The number of nitrogens with zero attached hydrogens (tertiary/aromatic N) is 3. The maximum atomic E-state index is 12.2. The molecule has 0 saturated carbocycles. The van der Waals surface area contributed by atoms with E-state index >= 15 is 0 Å². The number of H-pyrrole nitrogens is 1. The summed E-state index contributed by atoms with van der Waals surface area (Å²) >= 11 is 0.